The van der Waals surface area contributed by atoms with Crippen LogP contribution >= 0.6 is 11.8 Å². The maximum absolute atomic E-state index is 13.6. The fraction of sp³-hybridized carbons (Fsp3) is 0.235. The van der Waals surface area contributed by atoms with Gasteiger partial charge < -0.3 is 11.1 Å². The van der Waals surface area contributed by atoms with E-state index in [1.54, 1.807) is 6.07 Å². The van der Waals surface area contributed by atoms with E-state index < -0.39 is 36.2 Å². The Balaban J connectivity index is 1.90. The largest absolute Gasteiger partial charge is 0.409 e. The summed E-state index contributed by atoms with van der Waals surface area (Å²) in [6, 6.07) is 5.24. The van der Waals surface area contributed by atoms with E-state index in [9.17, 15) is 22.8 Å². The summed E-state index contributed by atoms with van der Waals surface area (Å²) in [6.45, 7) is 0. The molecule has 8 nitrogen and oxygen atoms in total. The lowest BCUT2D eigenvalue weighted by Gasteiger charge is -2.31. The van der Waals surface area contributed by atoms with E-state index in [2.05, 4.69) is 15.3 Å². The van der Waals surface area contributed by atoms with E-state index in [-0.39, 0.29) is 27.9 Å². The number of hydrogen-bond donors (Lipinski definition) is 2. The smallest absolute Gasteiger partial charge is 0.382 e. The molecule has 1 aliphatic heterocycles. The lowest BCUT2D eigenvalue weighted by molar-refractivity contribution is -0.157. The molecule has 2 heterocycles. The van der Waals surface area contributed by atoms with Crippen LogP contribution in [0.1, 0.15) is 12.0 Å². The molecule has 1 aromatic heterocycles. The van der Waals surface area contributed by atoms with Gasteiger partial charge in [0.25, 0.3) is 0 Å². The molecule has 1 atom stereocenters. The first-order valence-corrected chi connectivity index (χ1v) is 9.12. The van der Waals surface area contributed by atoms with E-state index in [0.717, 1.165) is 18.0 Å². The number of rotatable bonds is 3. The van der Waals surface area contributed by atoms with Crippen molar-refractivity contribution in [2.75, 3.05) is 21.7 Å². The second-order valence-electron chi connectivity index (χ2n) is 5.94. The third kappa shape index (κ3) is 4.40. The molecule has 0 saturated carbocycles. The number of nitrogen functional groups attached to an aromatic ring is 1. The van der Waals surface area contributed by atoms with Crippen LogP contribution in [-0.2, 0) is 9.59 Å². The number of carbonyl (C=O) groups excluding carboxylic acids is 2. The quantitative estimate of drug-likeness (QED) is 0.574. The molecule has 12 heteroatoms. The Morgan fingerprint density at radius 1 is 1.41 bits per heavy atom. The molecule has 1 aliphatic rings. The number of thioether (sulfide) groups is 1. The van der Waals surface area contributed by atoms with Crippen molar-refractivity contribution in [3.05, 3.63) is 36.0 Å². The summed E-state index contributed by atoms with van der Waals surface area (Å²) in [5, 5.41) is 11.3. The molecule has 0 bridgehead atoms. The number of aromatic nitrogens is 2. The zero-order chi connectivity index (χ0) is 21.2. The molecular formula is C17H13F3N6O2S. The van der Waals surface area contributed by atoms with Gasteiger partial charge in [-0.3, -0.25) is 14.5 Å². The predicted molar refractivity (Wildman–Crippen MR) is 98.9 cm³/mol. The number of nitrogens with two attached hydrogens (primary N) is 1. The molecule has 0 fully saturated rings. The van der Waals surface area contributed by atoms with Gasteiger partial charge in [-0.1, -0.05) is 23.9 Å². The van der Waals surface area contributed by atoms with Gasteiger partial charge in [0.2, 0.25) is 11.8 Å². The minimum atomic E-state index is -4.81. The summed E-state index contributed by atoms with van der Waals surface area (Å²) < 4.78 is 40.9. The van der Waals surface area contributed by atoms with Crippen molar-refractivity contribution in [2.45, 2.75) is 23.8 Å². The van der Waals surface area contributed by atoms with E-state index in [4.69, 9.17) is 11.0 Å². The minimum Gasteiger partial charge on any atom is -0.382 e. The molecular weight excluding hydrogens is 409 g/mol. The fourth-order valence-electron chi connectivity index (χ4n) is 2.73. The fourth-order valence-corrected chi connectivity index (χ4v) is 3.41. The number of alkyl halides is 3. The van der Waals surface area contributed by atoms with Crippen LogP contribution in [0, 0.1) is 11.3 Å². The third-order valence-electron chi connectivity index (χ3n) is 4.02. The Morgan fingerprint density at radius 2 is 2.14 bits per heavy atom. The van der Waals surface area contributed by atoms with Crippen LogP contribution in [0.2, 0.25) is 0 Å². The Kier molecular flexibility index (Phi) is 5.60. The first-order valence-electron chi connectivity index (χ1n) is 8.13. The lowest BCUT2D eigenvalue weighted by atomic mass is 10.1. The monoisotopic (exact) mass is 422 g/mol. The van der Waals surface area contributed by atoms with Crippen LogP contribution in [-0.4, -0.2) is 39.8 Å². The summed E-state index contributed by atoms with van der Waals surface area (Å²) in [6.07, 6.45) is -4.57. The first kappa shape index (κ1) is 20.4. The number of nitrogens with zero attached hydrogens (tertiary/aromatic N) is 4. The SMILES string of the molecule is N#Cc1cnc(SCC(=O)N2c3ccccc3NC(=O)CC2C(F)(F)F)nc1N. The number of benzene rings is 1. The molecule has 3 rings (SSSR count). The Morgan fingerprint density at radius 3 is 2.79 bits per heavy atom. The second-order valence-corrected chi connectivity index (χ2v) is 6.89. The van der Waals surface area contributed by atoms with Crippen molar-refractivity contribution in [1.82, 2.24) is 9.97 Å². The lowest BCUT2D eigenvalue weighted by Crippen LogP contribution is -2.50. The van der Waals surface area contributed by atoms with Crippen molar-refractivity contribution in [2.24, 2.45) is 0 Å². The van der Waals surface area contributed by atoms with Crippen molar-refractivity contribution in [1.29, 1.82) is 5.26 Å². The van der Waals surface area contributed by atoms with E-state index in [0.29, 0.717) is 4.90 Å². The van der Waals surface area contributed by atoms with Crippen molar-refractivity contribution in [3.63, 3.8) is 0 Å². The molecule has 3 N–H and O–H groups in total. The summed E-state index contributed by atoms with van der Waals surface area (Å²) in [5.74, 6) is -2.25. The first-order chi connectivity index (χ1) is 13.7. The summed E-state index contributed by atoms with van der Waals surface area (Å²) in [7, 11) is 0. The van der Waals surface area contributed by atoms with Crippen LogP contribution < -0.4 is 16.0 Å². The standard InChI is InChI=1S/C17H13F3N6O2S/c18-17(19,20)12-5-13(27)24-10-3-1-2-4-11(10)26(12)14(28)8-29-16-23-7-9(6-21)15(22)25-16/h1-4,7,12H,5,8H2,(H,24,27)(H2,22,23,25). The van der Waals surface area contributed by atoms with Crippen molar-refractivity contribution < 1.29 is 22.8 Å². The maximum Gasteiger partial charge on any atom is 0.409 e. The van der Waals surface area contributed by atoms with E-state index >= 15 is 0 Å². The van der Waals surface area contributed by atoms with E-state index in [1.807, 2.05) is 0 Å². The maximum atomic E-state index is 13.6. The molecule has 1 aromatic carbocycles. The highest BCUT2D eigenvalue weighted by atomic mass is 32.2. The average Bonchev–Trinajstić information content (AvgIpc) is 2.81. The number of hydrogen-bond acceptors (Lipinski definition) is 7. The third-order valence-corrected chi connectivity index (χ3v) is 4.86. The molecule has 0 radical (unpaired) electrons. The van der Waals surface area contributed by atoms with Crippen molar-refractivity contribution in [3.8, 4) is 6.07 Å². The Bertz CT molecular complexity index is 1010. The highest BCUT2D eigenvalue weighted by Gasteiger charge is 2.48. The van der Waals surface area contributed by atoms with Gasteiger partial charge >= 0.3 is 6.18 Å². The topological polar surface area (TPSA) is 125 Å². The molecule has 1 unspecified atom stereocenters. The number of anilines is 3. The number of fused-ring (bicyclic) bond motifs is 1. The Labute approximate surface area is 166 Å². The summed E-state index contributed by atoms with van der Waals surface area (Å²) in [4.78, 5) is 33.0. The number of halogens is 3. The van der Waals surface area contributed by atoms with Crippen LogP contribution in [0.15, 0.2) is 35.6 Å². The molecule has 0 spiro atoms. The predicted octanol–water partition coefficient (Wildman–Crippen LogP) is 2.33. The molecule has 0 saturated heterocycles. The van der Waals surface area contributed by atoms with Crippen LogP contribution in [0.4, 0.5) is 30.4 Å². The average molecular weight is 422 g/mol. The minimum absolute atomic E-state index is 0.0377. The van der Waals surface area contributed by atoms with Gasteiger partial charge in [-0.15, -0.1) is 0 Å². The normalized spacial score (nSPS) is 16.4. The number of amides is 2. The van der Waals surface area contributed by atoms with Gasteiger partial charge in [-0.05, 0) is 12.1 Å². The highest BCUT2D eigenvalue weighted by molar-refractivity contribution is 7.99. The molecule has 2 aromatic rings. The molecule has 150 valence electrons. The molecule has 2 amide bonds. The van der Waals surface area contributed by atoms with Crippen LogP contribution in [0.3, 0.4) is 0 Å². The summed E-state index contributed by atoms with van der Waals surface area (Å²) in [5.41, 5.74) is 5.69. The molecule has 0 aliphatic carbocycles. The Hall–Kier alpha value is -3.33. The number of carbonyl (C=O) groups is 2. The summed E-state index contributed by atoms with van der Waals surface area (Å²) >= 11 is 0.775. The van der Waals surface area contributed by atoms with Crippen molar-refractivity contribution >= 4 is 40.8 Å². The highest BCUT2D eigenvalue weighted by Crippen LogP contribution is 2.38. The molecule has 29 heavy (non-hydrogen) atoms. The second kappa shape index (κ2) is 7.96. The number of nitriles is 1. The van der Waals surface area contributed by atoms with Gasteiger partial charge in [-0.2, -0.15) is 18.4 Å². The zero-order valence-electron chi connectivity index (χ0n) is 14.6. The number of para-hydroxylation sites is 2. The van der Waals surface area contributed by atoms with Gasteiger partial charge in [0.05, 0.1) is 29.7 Å². The van der Waals surface area contributed by atoms with Gasteiger partial charge in [0.15, 0.2) is 5.16 Å². The van der Waals surface area contributed by atoms with E-state index in [1.165, 1.54) is 24.3 Å². The van der Waals surface area contributed by atoms with Gasteiger partial charge in [0, 0.05) is 0 Å². The van der Waals surface area contributed by atoms with Crippen LogP contribution in [0.5, 0.6) is 0 Å². The zero-order valence-corrected chi connectivity index (χ0v) is 15.4. The van der Waals surface area contributed by atoms with Gasteiger partial charge in [0.1, 0.15) is 23.5 Å². The van der Waals surface area contributed by atoms with Gasteiger partial charge in [-0.25, -0.2) is 9.97 Å². The number of nitrogens with one attached hydrogen (secondary N) is 1. The van der Waals surface area contributed by atoms with Crippen LogP contribution in [0.25, 0.3) is 0 Å².